The number of thioether (sulfide) groups is 1. The van der Waals surface area contributed by atoms with Gasteiger partial charge in [0.05, 0.1) is 0 Å². The molecule has 1 aliphatic rings. The Kier molecular flexibility index (Phi) is 7.31. The van der Waals surface area contributed by atoms with Gasteiger partial charge in [-0.05, 0) is 61.3 Å². The summed E-state index contributed by atoms with van der Waals surface area (Å²) >= 11 is 1.54. The van der Waals surface area contributed by atoms with Crippen molar-refractivity contribution in [2.24, 2.45) is 5.73 Å². The van der Waals surface area contributed by atoms with E-state index in [-0.39, 0.29) is 12.4 Å². The van der Waals surface area contributed by atoms with Crippen LogP contribution in [0.15, 0.2) is 18.2 Å². The Morgan fingerprint density at radius 1 is 1.24 bits per heavy atom. The molecular formula is C18H24N2O4S. The minimum atomic E-state index is -0.832. The van der Waals surface area contributed by atoms with Gasteiger partial charge in [0.25, 0.3) is 0 Å². The molecule has 136 valence electrons. The molecule has 0 spiro atoms. The molecular weight excluding hydrogens is 340 g/mol. The van der Waals surface area contributed by atoms with E-state index in [1.807, 2.05) is 18.4 Å². The highest BCUT2D eigenvalue weighted by atomic mass is 32.2. The third kappa shape index (κ3) is 5.77. The van der Waals surface area contributed by atoms with Crippen molar-refractivity contribution in [1.29, 1.82) is 0 Å². The monoisotopic (exact) mass is 364 g/mol. The first-order valence-corrected chi connectivity index (χ1v) is 9.77. The van der Waals surface area contributed by atoms with Crippen molar-refractivity contribution in [1.82, 2.24) is 5.32 Å². The lowest BCUT2D eigenvalue weighted by Gasteiger charge is -2.17. The molecule has 0 aromatic heterocycles. The van der Waals surface area contributed by atoms with Gasteiger partial charge in [-0.15, -0.1) is 0 Å². The SMILES string of the molecule is CSCC[C@@H](NC(N)=O)C(=O)OCC(=O)c1ccc2c(c1)CCCC2. The van der Waals surface area contributed by atoms with Crippen LogP contribution in [0.2, 0.25) is 0 Å². The number of nitrogens with two attached hydrogens (primary N) is 1. The lowest BCUT2D eigenvalue weighted by atomic mass is 9.90. The van der Waals surface area contributed by atoms with Crippen molar-refractivity contribution in [3.8, 4) is 0 Å². The molecule has 1 aromatic rings. The van der Waals surface area contributed by atoms with Crippen LogP contribution < -0.4 is 11.1 Å². The molecule has 0 heterocycles. The average Bonchev–Trinajstić information content (AvgIpc) is 2.62. The van der Waals surface area contributed by atoms with Crippen LogP contribution in [-0.4, -0.2) is 42.4 Å². The maximum Gasteiger partial charge on any atom is 0.329 e. The highest BCUT2D eigenvalue weighted by molar-refractivity contribution is 7.98. The van der Waals surface area contributed by atoms with Gasteiger partial charge in [0.15, 0.2) is 12.4 Å². The molecule has 2 amide bonds. The number of ketones is 1. The van der Waals surface area contributed by atoms with Crippen LogP contribution in [0.1, 0.15) is 40.7 Å². The maximum absolute atomic E-state index is 12.3. The van der Waals surface area contributed by atoms with Crippen LogP contribution in [0.5, 0.6) is 0 Å². The van der Waals surface area contributed by atoms with Crippen molar-refractivity contribution in [3.63, 3.8) is 0 Å². The Morgan fingerprint density at radius 2 is 1.96 bits per heavy atom. The van der Waals surface area contributed by atoms with E-state index in [9.17, 15) is 14.4 Å². The second-order valence-electron chi connectivity index (χ2n) is 6.06. The standard InChI is InChI=1S/C18H24N2O4S/c1-25-9-8-15(20-18(19)23)17(22)24-11-16(21)14-7-6-12-4-2-3-5-13(12)10-14/h6-7,10,15H,2-5,8-9,11H2,1H3,(H3,19,20,23)/t15-/m1/s1. The van der Waals surface area contributed by atoms with E-state index in [1.54, 1.807) is 17.8 Å². The Balaban J connectivity index is 1.93. The summed E-state index contributed by atoms with van der Waals surface area (Å²) in [5, 5.41) is 2.36. The summed E-state index contributed by atoms with van der Waals surface area (Å²) in [4.78, 5) is 35.4. The Hall–Kier alpha value is -2.02. The van der Waals surface area contributed by atoms with Crippen LogP contribution in [0.25, 0.3) is 0 Å². The second-order valence-corrected chi connectivity index (χ2v) is 7.05. The molecule has 1 aromatic carbocycles. The number of urea groups is 1. The Morgan fingerprint density at radius 3 is 2.64 bits per heavy atom. The smallest absolute Gasteiger partial charge is 0.329 e. The quantitative estimate of drug-likeness (QED) is 0.543. The fraction of sp³-hybridized carbons (Fsp3) is 0.500. The fourth-order valence-electron chi connectivity index (χ4n) is 2.88. The molecule has 0 saturated heterocycles. The van der Waals surface area contributed by atoms with Crippen LogP contribution in [-0.2, 0) is 22.4 Å². The number of benzene rings is 1. The number of carbonyl (C=O) groups is 3. The first kappa shape index (κ1) is 19.3. The first-order valence-electron chi connectivity index (χ1n) is 8.38. The van der Waals surface area contributed by atoms with Gasteiger partial charge in [-0.3, -0.25) is 4.79 Å². The van der Waals surface area contributed by atoms with E-state index in [0.717, 1.165) is 19.3 Å². The van der Waals surface area contributed by atoms with E-state index in [1.165, 1.54) is 17.5 Å². The second kappa shape index (κ2) is 9.46. The van der Waals surface area contributed by atoms with Gasteiger partial charge in [-0.25, -0.2) is 9.59 Å². The number of primary amides is 1. The number of hydrogen-bond donors (Lipinski definition) is 2. The van der Waals surface area contributed by atoms with Crippen LogP contribution in [0, 0.1) is 0 Å². The number of aryl methyl sites for hydroxylation is 2. The number of Topliss-reactive ketones (excluding diaryl/α,β-unsaturated/α-hetero) is 1. The van der Waals surface area contributed by atoms with Gasteiger partial charge in [0, 0.05) is 5.56 Å². The predicted octanol–water partition coefficient (Wildman–Crippen LogP) is 2.08. The zero-order chi connectivity index (χ0) is 18.2. The number of esters is 1. The summed E-state index contributed by atoms with van der Waals surface area (Å²) in [6.45, 7) is -0.339. The lowest BCUT2D eigenvalue weighted by molar-refractivity contribution is -0.144. The number of nitrogens with one attached hydrogen (secondary N) is 1. The molecule has 0 unspecified atom stereocenters. The number of amides is 2. The highest BCUT2D eigenvalue weighted by Gasteiger charge is 2.22. The summed E-state index contributed by atoms with van der Waals surface area (Å²) in [6, 6.07) is 4.05. The molecule has 7 heteroatoms. The van der Waals surface area contributed by atoms with Gasteiger partial charge in [0.1, 0.15) is 6.04 Å². The molecule has 0 bridgehead atoms. The lowest BCUT2D eigenvalue weighted by Crippen LogP contribution is -2.45. The van der Waals surface area contributed by atoms with Crippen molar-refractivity contribution >= 4 is 29.5 Å². The summed E-state index contributed by atoms with van der Waals surface area (Å²) in [7, 11) is 0. The summed E-state index contributed by atoms with van der Waals surface area (Å²) in [5.74, 6) is -0.220. The van der Waals surface area contributed by atoms with Crippen LogP contribution in [0.4, 0.5) is 4.79 Å². The van der Waals surface area contributed by atoms with Crippen LogP contribution >= 0.6 is 11.8 Å². The number of ether oxygens (including phenoxy) is 1. The number of rotatable bonds is 8. The molecule has 0 radical (unpaired) electrons. The van der Waals surface area contributed by atoms with Crippen molar-refractivity contribution in [2.75, 3.05) is 18.6 Å². The average molecular weight is 364 g/mol. The number of hydrogen-bond acceptors (Lipinski definition) is 5. The van der Waals surface area contributed by atoms with Crippen LogP contribution in [0.3, 0.4) is 0 Å². The molecule has 1 aliphatic carbocycles. The largest absolute Gasteiger partial charge is 0.456 e. The van der Waals surface area contributed by atoms with Gasteiger partial charge in [0.2, 0.25) is 0 Å². The molecule has 25 heavy (non-hydrogen) atoms. The van der Waals surface area contributed by atoms with E-state index in [0.29, 0.717) is 17.7 Å². The Labute approximate surface area is 151 Å². The van der Waals surface area contributed by atoms with Gasteiger partial charge in [-0.1, -0.05) is 12.1 Å². The summed E-state index contributed by atoms with van der Waals surface area (Å²) in [6.07, 6.45) is 6.64. The van der Waals surface area contributed by atoms with E-state index < -0.39 is 18.0 Å². The van der Waals surface area contributed by atoms with E-state index in [4.69, 9.17) is 10.5 Å². The molecule has 1 atom stereocenters. The minimum absolute atomic E-state index is 0.246. The van der Waals surface area contributed by atoms with Crippen molar-refractivity contribution in [3.05, 3.63) is 34.9 Å². The highest BCUT2D eigenvalue weighted by Crippen LogP contribution is 2.22. The fourth-order valence-corrected chi connectivity index (χ4v) is 3.36. The zero-order valence-corrected chi connectivity index (χ0v) is 15.2. The summed E-state index contributed by atoms with van der Waals surface area (Å²) in [5.41, 5.74) is 8.14. The molecule has 2 rings (SSSR count). The molecule has 0 aliphatic heterocycles. The first-order chi connectivity index (χ1) is 12.0. The normalized spacial score (nSPS) is 14.3. The van der Waals surface area contributed by atoms with E-state index >= 15 is 0 Å². The maximum atomic E-state index is 12.3. The van der Waals surface area contributed by atoms with Gasteiger partial charge >= 0.3 is 12.0 Å². The molecule has 3 N–H and O–H groups in total. The number of fused-ring (bicyclic) bond motifs is 1. The zero-order valence-electron chi connectivity index (χ0n) is 14.4. The summed E-state index contributed by atoms with van der Waals surface area (Å²) < 4.78 is 5.09. The van der Waals surface area contributed by atoms with E-state index in [2.05, 4.69) is 5.32 Å². The third-order valence-electron chi connectivity index (χ3n) is 4.23. The topological polar surface area (TPSA) is 98.5 Å². The third-order valence-corrected chi connectivity index (χ3v) is 4.87. The van der Waals surface area contributed by atoms with Gasteiger partial charge in [-0.2, -0.15) is 11.8 Å². The van der Waals surface area contributed by atoms with Gasteiger partial charge < -0.3 is 15.8 Å². The predicted molar refractivity (Wildman–Crippen MR) is 97.9 cm³/mol. The molecule has 0 fully saturated rings. The number of carbonyl (C=O) groups excluding carboxylic acids is 3. The van der Waals surface area contributed by atoms with Crippen molar-refractivity contribution < 1.29 is 19.1 Å². The molecule has 6 nitrogen and oxygen atoms in total. The Bertz CT molecular complexity index is 648. The molecule has 0 saturated carbocycles. The van der Waals surface area contributed by atoms with Crippen molar-refractivity contribution in [2.45, 2.75) is 38.1 Å². The minimum Gasteiger partial charge on any atom is -0.456 e.